The van der Waals surface area contributed by atoms with E-state index in [4.69, 9.17) is 11.2 Å². The van der Waals surface area contributed by atoms with Crippen molar-refractivity contribution >= 4 is 11.8 Å². The second-order valence-corrected chi connectivity index (χ2v) is 5.59. The second-order valence-electron chi connectivity index (χ2n) is 4.37. The van der Waals surface area contributed by atoms with Crippen molar-refractivity contribution in [1.82, 2.24) is 5.32 Å². The van der Waals surface area contributed by atoms with Crippen LogP contribution < -0.4 is 10.1 Å². The fourth-order valence-electron chi connectivity index (χ4n) is 2.07. The number of hydrogen-bond donors (Lipinski definition) is 1. The number of ether oxygens (including phenoxy) is 1. The first-order valence-corrected chi connectivity index (χ1v) is 7.51. The molecule has 0 spiro atoms. The van der Waals surface area contributed by atoms with E-state index in [1.54, 1.807) is 0 Å². The van der Waals surface area contributed by atoms with Crippen LogP contribution in [0.1, 0.15) is 18.4 Å². The Kier molecular flexibility index (Phi) is 5.44. The van der Waals surface area contributed by atoms with Crippen LogP contribution in [0.3, 0.4) is 0 Å². The van der Waals surface area contributed by atoms with Gasteiger partial charge in [0.1, 0.15) is 12.4 Å². The zero-order valence-electron chi connectivity index (χ0n) is 10.5. The highest BCUT2D eigenvalue weighted by atomic mass is 32.2. The molecule has 0 saturated carbocycles. The van der Waals surface area contributed by atoms with Crippen LogP contribution in [0.4, 0.5) is 0 Å². The minimum absolute atomic E-state index is 0.330. The number of benzene rings is 1. The lowest BCUT2D eigenvalue weighted by Crippen LogP contribution is -2.32. The first kappa shape index (κ1) is 13.3. The maximum absolute atomic E-state index is 5.55. The third kappa shape index (κ3) is 3.97. The first-order valence-electron chi connectivity index (χ1n) is 6.35. The molecule has 2 rings (SSSR count). The lowest BCUT2D eigenvalue weighted by molar-refractivity contribution is 0.362. The van der Waals surface area contributed by atoms with E-state index in [2.05, 4.69) is 17.3 Å². The maximum Gasteiger partial charge on any atom is 0.148 e. The maximum atomic E-state index is 5.55. The molecule has 0 aromatic heterocycles. The molecular formula is C15H19NOS. The summed E-state index contributed by atoms with van der Waals surface area (Å²) in [6, 6.07) is 8.73. The average Bonchev–Trinajstić information content (AvgIpc) is 2.45. The van der Waals surface area contributed by atoms with Crippen molar-refractivity contribution in [3.63, 3.8) is 0 Å². The Hall–Kier alpha value is -1.11. The Balaban J connectivity index is 1.89. The third-order valence-electron chi connectivity index (χ3n) is 3.09. The Morgan fingerprint density at radius 2 is 2.11 bits per heavy atom. The van der Waals surface area contributed by atoms with E-state index in [0.29, 0.717) is 12.6 Å². The molecule has 1 saturated heterocycles. The average molecular weight is 261 g/mol. The smallest absolute Gasteiger partial charge is 0.148 e. The van der Waals surface area contributed by atoms with Crippen molar-refractivity contribution in [2.75, 3.05) is 18.1 Å². The molecule has 1 aromatic carbocycles. The van der Waals surface area contributed by atoms with Crippen molar-refractivity contribution < 1.29 is 4.74 Å². The van der Waals surface area contributed by atoms with Gasteiger partial charge in [0.15, 0.2) is 0 Å². The number of rotatable bonds is 5. The van der Waals surface area contributed by atoms with Crippen molar-refractivity contribution in [3.05, 3.63) is 29.8 Å². The summed E-state index contributed by atoms with van der Waals surface area (Å²) in [5, 5.41) is 3.61. The lowest BCUT2D eigenvalue weighted by Gasteiger charge is -2.23. The van der Waals surface area contributed by atoms with Gasteiger partial charge in [-0.05, 0) is 30.4 Å². The van der Waals surface area contributed by atoms with E-state index >= 15 is 0 Å². The summed E-state index contributed by atoms with van der Waals surface area (Å²) in [6.45, 7) is 1.19. The third-order valence-corrected chi connectivity index (χ3v) is 4.13. The highest BCUT2D eigenvalue weighted by molar-refractivity contribution is 7.99. The van der Waals surface area contributed by atoms with E-state index in [1.165, 1.54) is 29.9 Å². The fourth-order valence-corrected chi connectivity index (χ4v) is 3.17. The topological polar surface area (TPSA) is 21.3 Å². The van der Waals surface area contributed by atoms with Gasteiger partial charge in [0, 0.05) is 18.2 Å². The van der Waals surface area contributed by atoms with Gasteiger partial charge in [-0.3, -0.25) is 0 Å². The van der Waals surface area contributed by atoms with Crippen LogP contribution in [0.5, 0.6) is 5.75 Å². The van der Waals surface area contributed by atoms with E-state index in [-0.39, 0.29) is 0 Å². The molecule has 1 fully saturated rings. The minimum atomic E-state index is 0.330. The predicted molar refractivity (Wildman–Crippen MR) is 78.0 cm³/mol. The molecule has 1 aromatic rings. The number of para-hydroxylation sites is 1. The van der Waals surface area contributed by atoms with Crippen LogP contribution in [-0.2, 0) is 6.54 Å². The van der Waals surface area contributed by atoms with Gasteiger partial charge in [0.2, 0.25) is 0 Å². The van der Waals surface area contributed by atoms with Crippen LogP contribution in [0.15, 0.2) is 24.3 Å². The lowest BCUT2D eigenvalue weighted by atomic mass is 10.1. The van der Waals surface area contributed by atoms with Gasteiger partial charge in [-0.1, -0.05) is 24.1 Å². The Labute approximate surface area is 113 Å². The van der Waals surface area contributed by atoms with Crippen molar-refractivity contribution in [2.45, 2.75) is 25.4 Å². The van der Waals surface area contributed by atoms with Crippen molar-refractivity contribution in [3.8, 4) is 18.1 Å². The second kappa shape index (κ2) is 7.35. The molecule has 1 N–H and O–H groups in total. The van der Waals surface area contributed by atoms with E-state index in [0.717, 1.165) is 12.3 Å². The summed E-state index contributed by atoms with van der Waals surface area (Å²) in [5.74, 6) is 5.94. The number of terminal acetylenes is 1. The molecule has 0 amide bonds. The molecule has 1 heterocycles. The summed E-state index contributed by atoms with van der Waals surface area (Å²) >= 11 is 2.05. The molecule has 3 heteroatoms. The van der Waals surface area contributed by atoms with Gasteiger partial charge < -0.3 is 10.1 Å². The standard InChI is InChI=1S/C15H19NOS/c1-2-9-17-15-6-4-3-5-13(15)12-16-14-7-10-18-11-8-14/h1,3-6,14,16H,7-12H2. The van der Waals surface area contributed by atoms with Crippen molar-refractivity contribution in [2.24, 2.45) is 0 Å². The zero-order chi connectivity index (χ0) is 12.6. The van der Waals surface area contributed by atoms with Crippen LogP contribution in [0.25, 0.3) is 0 Å². The van der Waals surface area contributed by atoms with Gasteiger partial charge in [0.05, 0.1) is 0 Å². The van der Waals surface area contributed by atoms with E-state index < -0.39 is 0 Å². The van der Waals surface area contributed by atoms with Gasteiger partial charge in [-0.2, -0.15) is 11.8 Å². The summed E-state index contributed by atoms with van der Waals surface area (Å²) in [5.41, 5.74) is 1.19. The monoisotopic (exact) mass is 261 g/mol. The molecule has 0 aliphatic carbocycles. The molecule has 0 atom stereocenters. The minimum Gasteiger partial charge on any atom is -0.481 e. The summed E-state index contributed by atoms with van der Waals surface area (Å²) in [7, 11) is 0. The largest absolute Gasteiger partial charge is 0.481 e. The van der Waals surface area contributed by atoms with Crippen molar-refractivity contribution in [1.29, 1.82) is 0 Å². The van der Waals surface area contributed by atoms with Gasteiger partial charge in [-0.15, -0.1) is 6.42 Å². The molecule has 18 heavy (non-hydrogen) atoms. The molecule has 0 radical (unpaired) electrons. The molecule has 1 aliphatic rings. The molecule has 0 bridgehead atoms. The van der Waals surface area contributed by atoms with Crippen LogP contribution >= 0.6 is 11.8 Å². The number of hydrogen-bond acceptors (Lipinski definition) is 3. The van der Waals surface area contributed by atoms with Gasteiger partial charge in [0.25, 0.3) is 0 Å². The summed E-state index contributed by atoms with van der Waals surface area (Å²) in [4.78, 5) is 0. The predicted octanol–water partition coefficient (Wildman–Crippen LogP) is 2.68. The van der Waals surface area contributed by atoms with Crippen LogP contribution in [0, 0.1) is 12.3 Å². The Morgan fingerprint density at radius 3 is 2.89 bits per heavy atom. The first-order chi connectivity index (χ1) is 8.90. The van der Waals surface area contributed by atoms with E-state index in [1.807, 2.05) is 30.0 Å². The van der Waals surface area contributed by atoms with Crippen LogP contribution in [-0.4, -0.2) is 24.2 Å². The fraction of sp³-hybridized carbons (Fsp3) is 0.467. The number of nitrogens with one attached hydrogen (secondary N) is 1. The normalized spacial score (nSPS) is 16.2. The van der Waals surface area contributed by atoms with Gasteiger partial charge in [-0.25, -0.2) is 0 Å². The summed E-state index contributed by atoms with van der Waals surface area (Å²) in [6.07, 6.45) is 7.75. The molecule has 2 nitrogen and oxygen atoms in total. The highest BCUT2D eigenvalue weighted by Gasteiger charge is 2.13. The highest BCUT2D eigenvalue weighted by Crippen LogP contribution is 2.20. The van der Waals surface area contributed by atoms with E-state index in [9.17, 15) is 0 Å². The molecule has 1 aliphatic heterocycles. The zero-order valence-corrected chi connectivity index (χ0v) is 11.3. The van der Waals surface area contributed by atoms with Gasteiger partial charge >= 0.3 is 0 Å². The molecular weight excluding hydrogens is 242 g/mol. The summed E-state index contributed by atoms with van der Waals surface area (Å²) < 4.78 is 5.55. The number of thioether (sulfide) groups is 1. The SMILES string of the molecule is C#CCOc1ccccc1CNC1CCSCC1. The molecule has 96 valence electrons. The Bertz CT molecular complexity index is 407. The quantitative estimate of drug-likeness (QED) is 0.823. The van der Waals surface area contributed by atoms with Crippen LogP contribution in [0.2, 0.25) is 0 Å². The Morgan fingerprint density at radius 1 is 1.33 bits per heavy atom. The molecule has 0 unspecified atom stereocenters.